The summed E-state index contributed by atoms with van der Waals surface area (Å²) >= 11 is 2.32. The van der Waals surface area contributed by atoms with E-state index in [9.17, 15) is 0 Å². The largest absolute Gasteiger partial charge is 0.355 e. The molecule has 0 spiro atoms. The van der Waals surface area contributed by atoms with E-state index in [1.54, 1.807) is 0 Å². The fourth-order valence-corrected chi connectivity index (χ4v) is 2.03. The molecule has 0 aliphatic heterocycles. The van der Waals surface area contributed by atoms with Crippen LogP contribution in [0.1, 0.15) is 13.3 Å². The van der Waals surface area contributed by atoms with E-state index in [0.717, 1.165) is 24.6 Å². The minimum Gasteiger partial charge on any atom is -0.355 e. The molecule has 1 N–H and O–H groups in total. The van der Waals surface area contributed by atoms with Gasteiger partial charge in [0.25, 0.3) is 0 Å². The van der Waals surface area contributed by atoms with Crippen molar-refractivity contribution in [3.05, 3.63) is 40.2 Å². The average Bonchev–Trinajstić information content (AvgIpc) is 2.74. The first kappa shape index (κ1) is 11.4. The maximum atomic E-state index is 4.31. The van der Waals surface area contributed by atoms with Crippen LogP contribution in [0, 0.1) is 3.57 Å². The van der Waals surface area contributed by atoms with E-state index >= 15 is 0 Å². The van der Waals surface area contributed by atoms with Gasteiger partial charge in [-0.25, -0.2) is 4.98 Å². The van der Waals surface area contributed by atoms with Gasteiger partial charge in [-0.1, -0.05) is 13.0 Å². The van der Waals surface area contributed by atoms with E-state index in [1.807, 2.05) is 12.4 Å². The Kier molecular flexibility index (Phi) is 3.82. The highest BCUT2D eigenvalue weighted by Gasteiger charge is 2.03. The quantitative estimate of drug-likeness (QED) is 0.874. The van der Waals surface area contributed by atoms with Gasteiger partial charge in [0.15, 0.2) is 0 Å². The van der Waals surface area contributed by atoms with Crippen molar-refractivity contribution < 1.29 is 0 Å². The molecule has 1 aromatic heterocycles. The van der Waals surface area contributed by atoms with Crippen molar-refractivity contribution >= 4 is 28.5 Å². The van der Waals surface area contributed by atoms with E-state index in [1.165, 1.54) is 3.57 Å². The number of nitrogens with zero attached hydrogens (tertiary/aromatic N) is 2. The predicted octanol–water partition coefficient (Wildman–Crippen LogP) is 3.30. The Balaban J connectivity index is 2.29. The number of halogens is 1. The first-order valence-corrected chi connectivity index (χ1v) is 6.42. The van der Waals surface area contributed by atoms with E-state index in [-0.39, 0.29) is 0 Å². The zero-order valence-electron chi connectivity index (χ0n) is 9.15. The maximum absolute atomic E-state index is 4.31. The molecule has 0 saturated carbocycles. The highest BCUT2D eigenvalue weighted by Crippen LogP contribution is 2.16. The van der Waals surface area contributed by atoms with Crippen molar-refractivity contribution in [2.24, 2.45) is 0 Å². The molecule has 3 nitrogen and oxygen atoms in total. The third kappa shape index (κ3) is 2.55. The Labute approximate surface area is 109 Å². The lowest BCUT2D eigenvalue weighted by molar-refractivity contribution is 0.937. The van der Waals surface area contributed by atoms with E-state index in [4.69, 9.17) is 0 Å². The molecule has 2 aromatic rings. The molecule has 16 heavy (non-hydrogen) atoms. The summed E-state index contributed by atoms with van der Waals surface area (Å²) in [6.07, 6.45) is 4.89. The first-order valence-electron chi connectivity index (χ1n) is 5.34. The van der Waals surface area contributed by atoms with Crippen LogP contribution in [0.3, 0.4) is 0 Å². The SMILES string of the molecule is CCCNc1nccn1-c1cccc(I)c1. The second-order valence-electron chi connectivity index (χ2n) is 3.53. The monoisotopic (exact) mass is 327 g/mol. The van der Waals surface area contributed by atoms with Gasteiger partial charge in [0.2, 0.25) is 5.95 Å². The van der Waals surface area contributed by atoms with Gasteiger partial charge < -0.3 is 5.32 Å². The van der Waals surface area contributed by atoms with Crippen LogP contribution in [0.5, 0.6) is 0 Å². The summed E-state index contributed by atoms with van der Waals surface area (Å²) in [7, 11) is 0. The normalized spacial score (nSPS) is 10.4. The smallest absolute Gasteiger partial charge is 0.207 e. The Hall–Kier alpha value is -1.04. The molecule has 0 unspecified atom stereocenters. The van der Waals surface area contributed by atoms with Crippen LogP contribution < -0.4 is 5.32 Å². The van der Waals surface area contributed by atoms with E-state index in [2.05, 4.69) is 68.6 Å². The molecule has 0 aliphatic rings. The predicted molar refractivity (Wildman–Crippen MR) is 75.1 cm³/mol. The van der Waals surface area contributed by atoms with Gasteiger partial charge in [-0.3, -0.25) is 4.57 Å². The fourth-order valence-electron chi connectivity index (χ4n) is 1.51. The molecule has 0 aliphatic carbocycles. The molecule has 0 radical (unpaired) electrons. The molecule has 2 rings (SSSR count). The van der Waals surface area contributed by atoms with E-state index in [0.29, 0.717) is 0 Å². The van der Waals surface area contributed by atoms with Crippen LogP contribution >= 0.6 is 22.6 Å². The molecule has 4 heteroatoms. The topological polar surface area (TPSA) is 29.9 Å². The zero-order chi connectivity index (χ0) is 11.4. The molecule has 84 valence electrons. The molecule has 0 amide bonds. The lowest BCUT2D eigenvalue weighted by Gasteiger charge is -2.09. The minimum atomic E-state index is 0.906. The number of imidazole rings is 1. The van der Waals surface area contributed by atoms with Crippen molar-refractivity contribution in [3.63, 3.8) is 0 Å². The summed E-state index contributed by atoms with van der Waals surface area (Å²) in [5, 5.41) is 3.31. The van der Waals surface area contributed by atoms with Gasteiger partial charge in [0, 0.05) is 28.2 Å². The van der Waals surface area contributed by atoms with Crippen LogP contribution in [0.2, 0.25) is 0 Å². The molecular formula is C12H14IN3. The van der Waals surface area contributed by atoms with Gasteiger partial charge in [-0.05, 0) is 47.2 Å². The fraction of sp³-hybridized carbons (Fsp3) is 0.250. The second-order valence-corrected chi connectivity index (χ2v) is 4.77. The molecule has 0 fully saturated rings. The number of benzene rings is 1. The van der Waals surface area contributed by atoms with Gasteiger partial charge in [-0.2, -0.15) is 0 Å². The zero-order valence-corrected chi connectivity index (χ0v) is 11.3. The Bertz CT molecular complexity index is 465. The summed E-state index contributed by atoms with van der Waals surface area (Å²) in [4.78, 5) is 4.31. The molecule has 0 saturated heterocycles. The summed E-state index contributed by atoms with van der Waals surface area (Å²) in [5.41, 5.74) is 1.14. The second kappa shape index (κ2) is 5.34. The van der Waals surface area contributed by atoms with Gasteiger partial charge >= 0.3 is 0 Å². The first-order chi connectivity index (χ1) is 7.81. The maximum Gasteiger partial charge on any atom is 0.207 e. The highest BCUT2D eigenvalue weighted by atomic mass is 127. The molecule has 1 aromatic carbocycles. The van der Waals surface area contributed by atoms with Crippen LogP contribution in [-0.4, -0.2) is 16.1 Å². The molecule has 1 heterocycles. The van der Waals surface area contributed by atoms with Crippen molar-refractivity contribution in [1.82, 2.24) is 9.55 Å². The third-order valence-electron chi connectivity index (χ3n) is 2.26. The van der Waals surface area contributed by atoms with Gasteiger partial charge in [0.05, 0.1) is 0 Å². The minimum absolute atomic E-state index is 0.906. The van der Waals surface area contributed by atoms with Crippen LogP contribution in [0.15, 0.2) is 36.7 Å². The number of nitrogens with one attached hydrogen (secondary N) is 1. The Morgan fingerprint density at radius 3 is 3.06 bits per heavy atom. The third-order valence-corrected chi connectivity index (χ3v) is 2.93. The van der Waals surface area contributed by atoms with Crippen LogP contribution in [-0.2, 0) is 0 Å². The molecule has 0 atom stereocenters. The summed E-state index contributed by atoms with van der Waals surface area (Å²) < 4.78 is 3.29. The number of hydrogen-bond acceptors (Lipinski definition) is 2. The lowest BCUT2D eigenvalue weighted by atomic mass is 10.3. The van der Waals surface area contributed by atoms with Crippen molar-refractivity contribution in [3.8, 4) is 5.69 Å². The average molecular weight is 327 g/mol. The number of rotatable bonds is 4. The van der Waals surface area contributed by atoms with Gasteiger partial charge in [0.1, 0.15) is 0 Å². The van der Waals surface area contributed by atoms with Crippen molar-refractivity contribution in [2.75, 3.05) is 11.9 Å². The highest BCUT2D eigenvalue weighted by molar-refractivity contribution is 14.1. The van der Waals surface area contributed by atoms with Crippen molar-refractivity contribution in [2.45, 2.75) is 13.3 Å². The summed E-state index contributed by atoms with van der Waals surface area (Å²) in [6, 6.07) is 8.36. The summed E-state index contributed by atoms with van der Waals surface area (Å²) in [6.45, 7) is 3.09. The van der Waals surface area contributed by atoms with Crippen LogP contribution in [0.25, 0.3) is 5.69 Å². The number of anilines is 1. The Morgan fingerprint density at radius 2 is 2.31 bits per heavy atom. The molecular weight excluding hydrogens is 313 g/mol. The Morgan fingerprint density at radius 1 is 1.44 bits per heavy atom. The lowest BCUT2D eigenvalue weighted by Crippen LogP contribution is -2.06. The van der Waals surface area contributed by atoms with E-state index < -0.39 is 0 Å². The van der Waals surface area contributed by atoms with Gasteiger partial charge in [-0.15, -0.1) is 0 Å². The van der Waals surface area contributed by atoms with Crippen molar-refractivity contribution in [1.29, 1.82) is 0 Å². The summed E-state index contributed by atoms with van der Waals surface area (Å²) in [5.74, 6) is 0.906. The molecule has 0 bridgehead atoms. The van der Waals surface area contributed by atoms with Crippen LogP contribution in [0.4, 0.5) is 5.95 Å². The number of hydrogen-bond donors (Lipinski definition) is 1. The number of aromatic nitrogens is 2. The standard InChI is InChI=1S/C12H14IN3/c1-2-6-14-12-15-7-8-16(12)11-5-3-4-10(13)9-11/h3-5,7-9H,2,6H2,1H3,(H,14,15).